The average Bonchev–Trinajstić information content (AvgIpc) is 2.81. The standard InChI is InChI=1S/C31H60N2O3/c1-8-9-10-11-12-13-14-15-16-17-18-19-20-21-22-23-24-36-29(35)27-25-30(3,4)33(7)31(5,6)28(27)32-26(2)34/h27-28H,8-25H2,1-7H3,(H,32,34). The van der Waals surface area contributed by atoms with Crippen LogP contribution in [0.3, 0.4) is 0 Å². The first-order valence-electron chi connectivity index (χ1n) is 15.2. The molecule has 2 unspecified atom stereocenters. The van der Waals surface area contributed by atoms with Gasteiger partial charge in [-0.05, 0) is 47.6 Å². The molecule has 0 saturated carbocycles. The monoisotopic (exact) mass is 508 g/mol. The number of carbonyl (C=O) groups excluding carboxylic acids is 2. The highest BCUT2D eigenvalue weighted by Gasteiger charge is 2.53. The van der Waals surface area contributed by atoms with Crippen LogP contribution < -0.4 is 5.32 Å². The summed E-state index contributed by atoms with van der Waals surface area (Å²) in [6.07, 6.45) is 22.0. The van der Waals surface area contributed by atoms with Gasteiger partial charge >= 0.3 is 5.97 Å². The van der Waals surface area contributed by atoms with Crippen molar-refractivity contribution in [3.05, 3.63) is 0 Å². The molecule has 0 aromatic heterocycles. The van der Waals surface area contributed by atoms with E-state index in [-0.39, 0.29) is 34.9 Å². The molecule has 0 radical (unpaired) electrons. The van der Waals surface area contributed by atoms with Crippen molar-refractivity contribution < 1.29 is 14.3 Å². The summed E-state index contributed by atoms with van der Waals surface area (Å²) in [5, 5.41) is 3.05. The van der Waals surface area contributed by atoms with Crippen molar-refractivity contribution in [3.63, 3.8) is 0 Å². The van der Waals surface area contributed by atoms with E-state index in [1.54, 1.807) is 0 Å². The lowest BCUT2D eigenvalue weighted by molar-refractivity contribution is -0.160. The van der Waals surface area contributed by atoms with Crippen LogP contribution in [0.5, 0.6) is 0 Å². The number of rotatable bonds is 19. The Morgan fingerprint density at radius 3 is 1.61 bits per heavy atom. The number of hydrogen-bond donors (Lipinski definition) is 1. The predicted octanol–water partition coefficient (Wildman–Crippen LogP) is 7.80. The van der Waals surface area contributed by atoms with Crippen molar-refractivity contribution in [2.24, 2.45) is 5.92 Å². The van der Waals surface area contributed by atoms with Crippen molar-refractivity contribution in [1.82, 2.24) is 10.2 Å². The molecule has 1 rings (SSSR count). The van der Waals surface area contributed by atoms with Crippen LogP contribution in [0.15, 0.2) is 0 Å². The molecule has 1 aliphatic rings. The molecule has 212 valence electrons. The van der Waals surface area contributed by atoms with Gasteiger partial charge in [0.15, 0.2) is 0 Å². The fourth-order valence-corrected chi connectivity index (χ4v) is 5.92. The van der Waals surface area contributed by atoms with Crippen LogP contribution in [0.25, 0.3) is 0 Å². The number of carbonyl (C=O) groups is 2. The summed E-state index contributed by atoms with van der Waals surface area (Å²) < 4.78 is 5.73. The van der Waals surface area contributed by atoms with Crippen LogP contribution in [0.4, 0.5) is 0 Å². The number of unbranched alkanes of at least 4 members (excludes halogenated alkanes) is 15. The van der Waals surface area contributed by atoms with Crippen LogP contribution in [-0.4, -0.2) is 47.6 Å². The Morgan fingerprint density at radius 1 is 0.778 bits per heavy atom. The van der Waals surface area contributed by atoms with Gasteiger partial charge < -0.3 is 10.1 Å². The van der Waals surface area contributed by atoms with E-state index in [2.05, 4.69) is 51.9 Å². The molecular weight excluding hydrogens is 448 g/mol. The first-order valence-corrected chi connectivity index (χ1v) is 15.2. The summed E-state index contributed by atoms with van der Waals surface area (Å²) in [6.45, 7) is 12.8. The zero-order valence-electron chi connectivity index (χ0n) is 25.1. The largest absolute Gasteiger partial charge is 0.465 e. The Labute approximate surface area is 223 Å². The molecule has 36 heavy (non-hydrogen) atoms. The number of hydrogen-bond acceptors (Lipinski definition) is 4. The topological polar surface area (TPSA) is 58.6 Å². The van der Waals surface area contributed by atoms with Crippen LogP contribution in [-0.2, 0) is 14.3 Å². The summed E-state index contributed by atoms with van der Waals surface area (Å²) in [5.41, 5.74) is -0.484. The zero-order valence-corrected chi connectivity index (χ0v) is 25.1. The first-order chi connectivity index (χ1) is 17.0. The minimum absolute atomic E-state index is 0.100. The lowest BCUT2D eigenvalue weighted by Gasteiger charge is -2.57. The van der Waals surface area contributed by atoms with Gasteiger partial charge in [-0.3, -0.25) is 14.5 Å². The normalized spacial score (nSPS) is 21.3. The maximum absolute atomic E-state index is 13.0. The third-order valence-corrected chi connectivity index (χ3v) is 8.56. The maximum atomic E-state index is 13.0. The quantitative estimate of drug-likeness (QED) is 0.143. The smallest absolute Gasteiger partial charge is 0.311 e. The second-order valence-corrected chi connectivity index (χ2v) is 12.5. The van der Waals surface area contributed by atoms with Crippen molar-refractivity contribution in [2.45, 2.75) is 168 Å². The first kappa shape index (κ1) is 32.9. The molecule has 0 aromatic carbocycles. The molecule has 0 spiro atoms. The number of likely N-dealkylation sites (N-methyl/N-ethyl adjacent to an activating group) is 1. The molecule has 5 heteroatoms. The Kier molecular flexibility index (Phi) is 15.9. The second kappa shape index (κ2) is 17.4. The van der Waals surface area contributed by atoms with Gasteiger partial charge in [0.2, 0.25) is 5.91 Å². The highest BCUT2D eigenvalue weighted by Crippen LogP contribution is 2.41. The molecule has 1 fully saturated rings. The van der Waals surface area contributed by atoms with Gasteiger partial charge in [0, 0.05) is 18.0 Å². The number of nitrogens with zero attached hydrogens (tertiary/aromatic N) is 1. The van der Waals surface area contributed by atoms with E-state index in [1.165, 1.54) is 96.8 Å². The van der Waals surface area contributed by atoms with Crippen molar-refractivity contribution in [3.8, 4) is 0 Å². The summed E-state index contributed by atoms with van der Waals surface area (Å²) in [7, 11) is 2.08. The highest BCUT2D eigenvalue weighted by molar-refractivity contribution is 5.78. The van der Waals surface area contributed by atoms with E-state index in [4.69, 9.17) is 4.74 Å². The van der Waals surface area contributed by atoms with Crippen molar-refractivity contribution in [2.75, 3.05) is 13.7 Å². The summed E-state index contributed by atoms with van der Waals surface area (Å²) in [5.74, 6) is -0.586. The van der Waals surface area contributed by atoms with Gasteiger partial charge in [-0.1, -0.05) is 103 Å². The molecule has 0 aromatic rings. The number of nitrogens with one attached hydrogen (secondary N) is 1. The molecular formula is C31H60N2O3. The fraction of sp³-hybridized carbons (Fsp3) is 0.935. The van der Waals surface area contributed by atoms with Crippen LogP contribution in [0, 0.1) is 5.92 Å². The number of piperidine rings is 1. The summed E-state index contributed by atoms with van der Waals surface area (Å²) in [4.78, 5) is 27.2. The van der Waals surface area contributed by atoms with Gasteiger partial charge in [-0.2, -0.15) is 0 Å². The SMILES string of the molecule is CCCCCCCCCCCCCCCCCCOC(=O)C1CC(C)(C)N(C)C(C)(C)C1NC(C)=O. The Morgan fingerprint density at radius 2 is 1.19 bits per heavy atom. The Balaban J connectivity index is 2.15. The second-order valence-electron chi connectivity index (χ2n) is 12.5. The molecule has 0 aliphatic carbocycles. The van der Waals surface area contributed by atoms with E-state index < -0.39 is 0 Å². The summed E-state index contributed by atoms with van der Waals surface area (Å²) >= 11 is 0. The van der Waals surface area contributed by atoms with E-state index >= 15 is 0 Å². The van der Waals surface area contributed by atoms with Crippen molar-refractivity contribution in [1.29, 1.82) is 0 Å². The molecule has 2 atom stereocenters. The van der Waals surface area contributed by atoms with Crippen LogP contribution in [0.1, 0.15) is 151 Å². The summed E-state index contributed by atoms with van der Waals surface area (Å²) in [6, 6.07) is -0.258. The minimum atomic E-state index is -0.342. The Hall–Kier alpha value is -1.10. The van der Waals surface area contributed by atoms with E-state index in [9.17, 15) is 9.59 Å². The number of likely N-dealkylation sites (tertiary alicyclic amines) is 1. The molecule has 1 amide bonds. The third kappa shape index (κ3) is 12.0. The van der Waals surface area contributed by atoms with Gasteiger partial charge in [0.25, 0.3) is 0 Å². The van der Waals surface area contributed by atoms with Gasteiger partial charge in [-0.15, -0.1) is 0 Å². The number of ether oxygens (including phenoxy) is 1. The zero-order chi connectivity index (χ0) is 27.0. The third-order valence-electron chi connectivity index (χ3n) is 8.56. The fourth-order valence-electron chi connectivity index (χ4n) is 5.92. The van der Waals surface area contributed by atoms with Crippen LogP contribution in [0.2, 0.25) is 0 Å². The molecule has 0 bridgehead atoms. The van der Waals surface area contributed by atoms with Gasteiger partial charge in [-0.25, -0.2) is 0 Å². The number of amides is 1. The van der Waals surface area contributed by atoms with Gasteiger partial charge in [0.1, 0.15) is 0 Å². The molecule has 1 heterocycles. The highest BCUT2D eigenvalue weighted by atomic mass is 16.5. The maximum Gasteiger partial charge on any atom is 0.311 e. The predicted molar refractivity (Wildman–Crippen MR) is 152 cm³/mol. The van der Waals surface area contributed by atoms with Gasteiger partial charge in [0.05, 0.1) is 18.6 Å². The van der Waals surface area contributed by atoms with E-state index in [1.807, 2.05) is 0 Å². The van der Waals surface area contributed by atoms with Crippen LogP contribution >= 0.6 is 0 Å². The minimum Gasteiger partial charge on any atom is -0.465 e. The molecule has 1 aliphatic heterocycles. The Bertz CT molecular complexity index is 617. The average molecular weight is 509 g/mol. The van der Waals surface area contributed by atoms with Crippen molar-refractivity contribution >= 4 is 11.9 Å². The molecule has 1 N–H and O–H groups in total. The van der Waals surface area contributed by atoms with E-state index in [0.29, 0.717) is 13.0 Å². The molecule has 5 nitrogen and oxygen atoms in total. The lowest BCUT2D eigenvalue weighted by Crippen LogP contribution is -2.71. The van der Waals surface area contributed by atoms with E-state index in [0.717, 1.165) is 12.8 Å². The number of esters is 1. The lowest BCUT2D eigenvalue weighted by atomic mass is 9.70. The molecule has 1 saturated heterocycles.